The summed E-state index contributed by atoms with van der Waals surface area (Å²) in [6.45, 7) is 9.51. The number of aliphatic hydroxyl groups excluding tert-OH is 1. The zero-order valence-electron chi connectivity index (χ0n) is 26.1. The predicted molar refractivity (Wildman–Crippen MR) is 165 cm³/mol. The SMILES string of the molecule is COC(=O)C1CC2(C1)CN(CC(=O)N[C@H](C(=O)N1C[C@H](O)C[C@H]1C(=O)NCc1ccc(-c3scnc3C)cc1)C(C)(C)C)C2. The quantitative estimate of drug-likeness (QED) is 0.360. The Labute approximate surface area is 262 Å². The molecule has 3 atom stereocenters. The van der Waals surface area contributed by atoms with Gasteiger partial charge in [-0.3, -0.25) is 24.1 Å². The Balaban J connectivity index is 1.15. The summed E-state index contributed by atoms with van der Waals surface area (Å²) in [5, 5.41) is 16.3. The summed E-state index contributed by atoms with van der Waals surface area (Å²) >= 11 is 1.58. The highest BCUT2D eigenvalue weighted by Crippen LogP contribution is 2.52. The molecule has 5 rings (SSSR count). The lowest BCUT2D eigenvalue weighted by molar-refractivity contribution is -0.165. The normalized spacial score (nSPS) is 22.2. The molecule has 3 N–H and O–H groups in total. The van der Waals surface area contributed by atoms with E-state index in [0.717, 1.165) is 47.6 Å². The molecule has 3 fully saturated rings. The highest BCUT2D eigenvalue weighted by Gasteiger charge is 2.55. The van der Waals surface area contributed by atoms with Crippen LogP contribution < -0.4 is 10.6 Å². The number of hydrogen-bond donors (Lipinski definition) is 3. The zero-order valence-corrected chi connectivity index (χ0v) is 26.9. The Bertz CT molecular complexity index is 1390. The van der Waals surface area contributed by atoms with Gasteiger partial charge in [-0.2, -0.15) is 0 Å². The molecule has 12 heteroatoms. The molecule has 0 unspecified atom stereocenters. The molecule has 1 aliphatic carbocycles. The molecule has 1 saturated carbocycles. The van der Waals surface area contributed by atoms with Crippen molar-refractivity contribution in [3.63, 3.8) is 0 Å². The van der Waals surface area contributed by atoms with Gasteiger partial charge in [-0.15, -0.1) is 11.3 Å². The number of aryl methyl sites for hydroxylation is 1. The number of nitrogens with zero attached hydrogens (tertiary/aromatic N) is 3. The van der Waals surface area contributed by atoms with E-state index in [1.54, 1.807) is 11.3 Å². The molecule has 1 aromatic carbocycles. The van der Waals surface area contributed by atoms with Gasteiger partial charge < -0.3 is 25.4 Å². The van der Waals surface area contributed by atoms with Gasteiger partial charge in [0.2, 0.25) is 17.7 Å². The van der Waals surface area contributed by atoms with E-state index in [1.165, 1.54) is 12.0 Å². The van der Waals surface area contributed by atoms with E-state index in [2.05, 4.69) is 15.6 Å². The van der Waals surface area contributed by atoms with Crippen LogP contribution in [0.15, 0.2) is 29.8 Å². The van der Waals surface area contributed by atoms with Crippen molar-refractivity contribution in [1.29, 1.82) is 0 Å². The van der Waals surface area contributed by atoms with Crippen LogP contribution in [0, 0.1) is 23.7 Å². The van der Waals surface area contributed by atoms with E-state index in [1.807, 2.05) is 62.4 Å². The molecule has 3 heterocycles. The molecule has 1 spiro atoms. The molecule has 3 amide bonds. The number of thiazole rings is 1. The van der Waals surface area contributed by atoms with Gasteiger partial charge in [0, 0.05) is 32.6 Å². The molecule has 238 valence electrons. The number of methoxy groups -OCH3 is 1. The van der Waals surface area contributed by atoms with Crippen molar-refractivity contribution >= 4 is 35.0 Å². The standard InChI is InChI=1S/C32H43N5O6S/c1-19-26(44-18-34-19)21-8-6-20(7-9-21)13-33-28(40)24-10-23(38)14-37(24)29(41)27(31(2,3)4)35-25(39)15-36-16-32(17-36)11-22(12-32)30(42)43-5/h6-9,18,22-24,27,38H,10-17H2,1-5H3,(H,33,40)(H,35,39)/t23-,24+,27-/m1/s1. The minimum Gasteiger partial charge on any atom is -0.469 e. The zero-order chi connectivity index (χ0) is 31.8. The highest BCUT2D eigenvalue weighted by molar-refractivity contribution is 7.13. The van der Waals surface area contributed by atoms with Gasteiger partial charge in [0.1, 0.15) is 12.1 Å². The van der Waals surface area contributed by atoms with Crippen LogP contribution in [0.25, 0.3) is 10.4 Å². The molecule has 2 aromatic rings. The molecule has 1 aromatic heterocycles. The van der Waals surface area contributed by atoms with Gasteiger partial charge in [0.25, 0.3) is 0 Å². The average Bonchev–Trinajstić information content (AvgIpc) is 3.55. The number of aromatic nitrogens is 1. The average molecular weight is 626 g/mol. The second kappa shape index (κ2) is 12.6. The van der Waals surface area contributed by atoms with E-state index in [4.69, 9.17) is 4.74 Å². The first kappa shape index (κ1) is 32.1. The maximum absolute atomic E-state index is 13.9. The third kappa shape index (κ3) is 6.82. The Morgan fingerprint density at radius 2 is 1.84 bits per heavy atom. The molecular weight excluding hydrogens is 582 g/mol. The van der Waals surface area contributed by atoms with Gasteiger partial charge in [0.05, 0.1) is 41.8 Å². The minimum absolute atomic E-state index is 0.0261. The van der Waals surface area contributed by atoms with Crippen LogP contribution >= 0.6 is 11.3 Å². The molecule has 0 radical (unpaired) electrons. The lowest BCUT2D eigenvalue weighted by atomic mass is 9.58. The number of likely N-dealkylation sites (tertiary alicyclic amines) is 2. The van der Waals surface area contributed by atoms with Crippen LogP contribution in [-0.2, 0) is 30.5 Å². The Kier molecular flexibility index (Phi) is 9.16. The summed E-state index contributed by atoms with van der Waals surface area (Å²) in [5.74, 6) is -1.22. The maximum Gasteiger partial charge on any atom is 0.308 e. The number of hydrogen-bond acceptors (Lipinski definition) is 9. The molecule has 0 bridgehead atoms. The second-order valence-corrected chi connectivity index (χ2v) is 14.6. The first-order valence-corrected chi connectivity index (χ1v) is 16.0. The molecular formula is C32H43N5O6S. The monoisotopic (exact) mass is 625 g/mol. The summed E-state index contributed by atoms with van der Waals surface area (Å²) < 4.78 is 4.83. The van der Waals surface area contributed by atoms with Crippen LogP contribution in [0.5, 0.6) is 0 Å². The minimum atomic E-state index is -0.874. The number of esters is 1. The van der Waals surface area contributed by atoms with Gasteiger partial charge in [-0.05, 0) is 41.7 Å². The number of nitrogens with one attached hydrogen (secondary N) is 2. The fourth-order valence-corrected chi connectivity index (χ4v) is 7.59. The number of aliphatic hydroxyl groups is 1. The Morgan fingerprint density at radius 1 is 1.16 bits per heavy atom. The van der Waals surface area contributed by atoms with Gasteiger partial charge in [-0.25, -0.2) is 4.98 Å². The molecule has 44 heavy (non-hydrogen) atoms. The van der Waals surface area contributed by atoms with E-state index in [0.29, 0.717) is 0 Å². The van der Waals surface area contributed by atoms with E-state index >= 15 is 0 Å². The van der Waals surface area contributed by atoms with Crippen molar-refractivity contribution in [2.75, 3.05) is 33.3 Å². The summed E-state index contributed by atoms with van der Waals surface area (Å²) in [7, 11) is 1.40. The molecule has 11 nitrogen and oxygen atoms in total. The molecule has 2 aliphatic heterocycles. The van der Waals surface area contributed by atoms with Crippen molar-refractivity contribution in [1.82, 2.24) is 25.4 Å². The number of ether oxygens (including phenoxy) is 1. The topological polar surface area (TPSA) is 141 Å². The largest absolute Gasteiger partial charge is 0.469 e. The number of amides is 3. The highest BCUT2D eigenvalue weighted by atomic mass is 32.1. The van der Waals surface area contributed by atoms with E-state index < -0.39 is 23.6 Å². The molecule has 3 aliphatic rings. The summed E-state index contributed by atoms with van der Waals surface area (Å²) in [6.07, 6.45) is 0.856. The van der Waals surface area contributed by atoms with Crippen LogP contribution in [0.3, 0.4) is 0 Å². The van der Waals surface area contributed by atoms with E-state index in [-0.39, 0.29) is 61.1 Å². The second-order valence-electron chi connectivity index (χ2n) is 13.7. The van der Waals surface area contributed by atoms with Gasteiger partial charge in [-0.1, -0.05) is 45.0 Å². The van der Waals surface area contributed by atoms with Crippen molar-refractivity contribution in [3.05, 3.63) is 41.0 Å². The lowest BCUT2D eigenvalue weighted by Gasteiger charge is -2.58. The van der Waals surface area contributed by atoms with Crippen LogP contribution in [0.2, 0.25) is 0 Å². The predicted octanol–water partition coefficient (Wildman–Crippen LogP) is 2.11. The summed E-state index contributed by atoms with van der Waals surface area (Å²) in [5.41, 5.74) is 4.22. The number of rotatable bonds is 9. The van der Waals surface area contributed by atoms with Gasteiger partial charge in [0.15, 0.2) is 0 Å². The maximum atomic E-state index is 13.9. The lowest BCUT2D eigenvalue weighted by Crippen LogP contribution is -2.65. The van der Waals surface area contributed by atoms with Crippen molar-refractivity contribution in [2.24, 2.45) is 16.7 Å². The fourth-order valence-electron chi connectivity index (χ4n) is 6.78. The summed E-state index contributed by atoms with van der Waals surface area (Å²) in [6, 6.07) is 6.19. The Morgan fingerprint density at radius 3 is 2.43 bits per heavy atom. The van der Waals surface area contributed by atoms with Gasteiger partial charge >= 0.3 is 5.97 Å². The number of β-amino-alcohol motifs (C(OH)–C–C–N with tert-alkyl or cyclic N) is 1. The van der Waals surface area contributed by atoms with Crippen LogP contribution in [0.4, 0.5) is 0 Å². The Hall–Kier alpha value is -3.35. The number of benzene rings is 1. The first-order chi connectivity index (χ1) is 20.8. The van der Waals surface area contributed by atoms with Crippen molar-refractivity contribution in [2.45, 2.75) is 71.7 Å². The fraction of sp³-hybridized carbons (Fsp3) is 0.594. The third-order valence-corrected chi connectivity index (χ3v) is 10.1. The van der Waals surface area contributed by atoms with Crippen LogP contribution in [0.1, 0.15) is 51.3 Å². The van der Waals surface area contributed by atoms with Crippen molar-refractivity contribution in [3.8, 4) is 10.4 Å². The van der Waals surface area contributed by atoms with Crippen molar-refractivity contribution < 1.29 is 29.0 Å². The smallest absolute Gasteiger partial charge is 0.308 e. The third-order valence-electron chi connectivity index (χ3n) is 9.09. The molecule has 2 saturated heterocycles. The summed E-state index contributed by atoms with van der Waals surface area (Å²) in [4.78, 5) is 60.8. The van der Waals surface area contributed by atoms with Crippen LogP contribution in [-0.4, -0.2) is 95.1 Å². The first-order valence-electron chi connectivity index (χ1n) is 15.1. The van der Waals surface area contributed by atoms with E-state index in [9.17, 15) is 24.3 Å². The number of carbonyl (C=O) groups excluding carboxylic acids is 4. The number of carbonyl (C=O) groups is 4.